The molecule has 1 aliphatic carbocycles. The molecule has 0 unspecified atom stereocenters. The molecule has 2 amide bonds. The molecule has 1 atom stereocenters. The van der Waals surface area contributed by atoms with Gasteiger partial charge in [-0.2, -0.15) is 0 Å². The summed E-state index contributed by atoms with van der Waals surface area (Å²) in [5, 5.41) is 0. The first-order valence-electron chi connectivity index (χ1n) is 8.85. The van der Waals surface area contributed by atoms with E-state index in [0.29, 0.717) is 17.6 Å². The van der Waals surface area contributed by atoms with Gasteiger partial charge in [0.05, 0.1) is 5.69 Å². The van der Waals surface area contributed by atoms with Crippen molar-refractivity contribution < 1.29 is 9.59 Å². The number of nitrogens with zero attached hydrogens (tertiary/aromatic N) is 3. The largest absolute Gasteiger partial charge is 0.366 e. The molecule has 0 bridgehead atoms. The highest BCUT2D eigenvalue weighted by Gasteiger charge is 2.29. The van der Waals surface area contributed by atoms with E-state index < -0.39 is 11.8 Å². The van der Waals surface area contributed by atoms with Gasteiger partial charge in [0.2, 0.25) is 17.8 Å². The lowest BCUT2D eigenvalue weighted by atomic mass is 9.99. The lowest BCUT2D eigenvalue weighted by Crippen LogP contribution is -2.46. The molecule has 2 aliphatic rings. The summed E-state index contributed by atoms with van der Waals surface area (Å²) in [6, 6.07) is 5.20. The van der Waals surface area contributed by atoms with Crippen molar-refractivity contribution in [2.24, 2.45) is 11.5 Å². The van der Waals surface area contributed by atoms with E-state index in [1.807, 2.05) is 0 Å². The fourth-order valence-electron chi connectivity index (χ4n) is 3.65. The Hall–Kier alpha value is -2.96. The molecular formula is C19H21N5O2. The lowest BCUT2D eigenvalue weighted by Gasteiger charge is -2.39. The monoisotopic (exact) mass is 351 g/mol. The molecule has 2 heterocycles. The molecule has 4 rings (SSSR count). The van der Waals surface area contributed by atoms with E-state index in [4.69, 9.17) is 21.4 Å². The Kier molecular flexibility index (Phi) is 3.86. The number of aromatic nitrogens is 2. The zero-order valence-electron chi connectivity index (χ0n) is 14.7. The molecule has 134 valence electrons. The molecule has 0 spiro atoms. The van der Waals surface area contributed by atoms with Crippen LogP contribution in [0, 0.1) is 0 Å². The van der Waals surface area contributed by atoms with Gasteiger partial charge in [0.15, 0.2) is 0 Å². The third kappa shape index (κ3) is 2.69. The van der Waals surface area contributed by atoms with Crippen LogP contribution in [-0.2, 0) is 12.8 Å². The van der Waals surface area contributed by atoms with Crippen molar-refractivity contribution in [2.45, 2.75) is 38.6 Å². The van der Waals surface area contributed by atoms with Gasteiger partial charge >= 0.3 is 0 Å². The average molecular weight is 351 g/mol. The summed E-state index contributed by atoms with van der Waals surface area (Å²) < 4.78 is 0. The van der Waals surface area contributed by atoms with Crippen LogP contribution >= 0.6 is 0 Å². The van der Waals surface area contributed by atoms with Crippen LogP contribution < -0.4 is 16.4 Å². The van der Waals surface area contributed by atoms with E-state index in [1.165, 1.54) is 6.07 Å². The maximum absolute atomic E-state index is 11.7. The molecule has 1 aromatic heterocycles. The third-order valence-electron chi connectivity index (χ3n) is 5.27. The van der Waals surface area contributed by atoms with Crippen LogP contribution in [0.15, 0.2) is 18.2 Å². The Labute approximate surface area is 151 Å². The van der Waals surface area contributed by atoms with Crippen molar-refractivity contribution in [1.29, 1.82) is 0 Å². The Morgan fingerprint density at radius 1 is 1.08 bits per heavy atom. The predicted molar refractivity (Wildman–Crippen MR) is 98.0 cm³/mol. The van der Waals surface area contributed by atoms with Gasteiger partial charge in [-0.1, -0.05) is 0 Å². The minimum atomic E-state index is -0.600. The van der Waals surface area contributed by atoms with Crippen molar-refractivity contribution in [3.63, 3.8) is 0 Å². The van der Waals surface area contributed by atoms with Crippen LogP contribution in [0.2, 0.25) is 0 Å². The summed E-state index contributed by atoms with van der Waals surface area (Å²) in [7, 11) is 0. The molecule has 2 aromatic rings. The van der Waals surface area contributed by atoms with Crippen LogP contribution in [0.4, 0.5) is 5.95 Å². The summed E-state index contributed by atoms with van der Waals surface area (Å²) in [5.41, 5.74) is 15.0. The molecule has 0 saturated carbocycles. The number of benzene rings is 1. The smallest absolute Gasteiger partial charge is 0.248 e. The second-order valence-corrected chi connectivity index (χ2v) is 7.01. The number of aryl methyl sites for hydroxylation is 1. The van der Waals surface area contributed by atoms with Crippen molar-refractivity contribution in [1.82, 2.24) is 9.97 Å². The van der Waals surface area contributed by atoms with Crippen molar-refractivity contribution >= 4 is 17.8 Å². The maximum atomic E-state index is 11.7. The number of primary amides is 2. The Morgan fingerprint density at radius 3 is 2.31 bits per heavy atom. The summed E-state index contributed by atoms with van der Waals surface area (Å²) in [5.74, 6) is -0.488. The number of anilines is 1. The lowest BCUT2D eigenvalue weighted by molar-refractivity contribution is 0.0999. The topological polar surface area (TPSA) is 115 Å². The fraction of sp³-hybridized carbons (Fsp3) is 0.368. The summed E-state index contributed by atoms with van der Waals surface area (Å²) in [4.78, 5) is 35.1. The zero-order chi connectivity index (χ0) is 18.4. The number of amides is 2. The summed E-state index contributed by atoms with van der Waals surface area (Å²) in [6.07, 6.45) is 3.94. The molecule has 0 radical (unpaired) electrons. The van der Waals surface area contributed by atoms with Crippen LogP contribution in [0.1, 0.15) is 51.7 Å². The molecule has 1 fully saturated rings. The highest BCUT2D eigenvalue weighted by Crippen LogP contribution is 2.34. The molecule has 7 heteroatoms. The number of hydrogen-bond acceptors (Lipinski definition) is 5. The minimum absolute atomic E-state index is 0.250. The number of rotatable bonds is 4. The van der Waals surface area contributed by atoms with E-state index in [0.717, 1.165) is 49.2 Å². The molecule has 1 aromatic carbocycles. The van der Waals surface area contributed by atoms with Crippen LogP contribution in [0.5, 0.6) is 0 Å². The molecule has 1 aliphatic heterocycles. The van der Waals surface area contributed by atoms with E-state index in [-0.39, 0.29) is 11.1 Å². The second kappa shape index (κ2) is 6.09. The minimum Gasteiger partial charge on any atom is -0.366 e. The molecule has 1 saturated heterocycles. The Morgan fingerprint density at radius 2 is 1.77 bits per heavy atom. The standard InChI is InChI=1S/C19H21N5O2/c1-10-5-6-24(10)19-22-15-4-2-3-14(15)16(23-19)11-7-12(17(20)25)9-13(8-11)18(21)26/h7-10H,2-6H2,1H3,(H2,20,25)(H2,21,26)/t10-/m0/s1. The van der Waals surface area contributed by atoms with Gasteiger partial charge in [0, 0.05) is 40.5 Å². The summed E-state index contributed by atoms with van der Waals surface area (Å²) >= 11 is 0. The van der Waals surface area contributed by atoms with Crippen molar-refractivity contribution in [3.8, 4) is 11.3 Å². The normalized spacial score (nSPS) is 18.3. The van der Waals surface area contributed by atoms with Gasteiger partial charge in [-0.15, -0.1) is 0 Å². The van der Waals surface area contributed by atoms with Gasteiger partial charge < -0.3 is 16.4 Å². The maximum Gasteiger partial charge on any atom is 0.248 e. The molecule has 7 nitrogen and oxygen atoms in total. The fourth-order valence-corrected chi connectivity index (χ4v) is 3.65. The first-order valence-corrected chi connectivity index (χ1v) is 8.85. The van der Waals surface area contributed by atoms with Crippen LogP contribution in [-0.4, -0.2) is 34.4 Å². The highest BCUT2D eigenvalue weighted by molar-refractivity contribution is 6.00. The summed E-state index contributed by atoms with van der Waals surface area (Å²) in [6.45, 7) is 3.09. The van der Waals surface area contributed by atoms with Gasteiger partial charge in [0.25, 0.3) is 0 Å². The predicted octanol–water partition coefficient (Wildman–Crippen LogP) is 1.43. The molecular weight excluding hydrogens is 330 g/mol. The van der Waals surface area contributed by atoms with Gasteiger partial charge in [-0.3, -0.25) is 9.59 Å². The second-order valence-electron chi connectivity index (χ2n) is 7.01. The van der Waals surface area contributed by atoms with Crippen molar-refractivity contribution in [2.75, 3.05) is 11.4 Å². The molecule has 4 N–H and O–H groups in total. The van der Waals surface area contributed by atoms with E-state index in [2.05, 4.69) is 11.8 Å². The quantitative estimate of drug-likeness (QED) is 0.864. The number of carbonyl (C=O) groups is 2. The number of carbonyl (C=O) groups excluding carboxylic acids is 2. The van der Waals surface area contributed by atoms with Gasteiger partial charge in [-0.05, 0) is 50.8 Å². The van der Waals surface area contributed by atoms with E-state index in [9.17, 15) is 9.59 Å². The Balaban J connectivity index is 1.89. The third-order valence-corrected chi connectivity index (χ3v) is 5.27. The first kappa shape index (κ1) is 16.5. The van der Waals surface area contributed by atoms with E-state index in [1.54, 1.807) is 12.1 Å². The molecule has 26 heavy (non-hydrogen) atoms. The average Bonchev–Trinajstić information content (AvgIpc) is 3.07. The number of fused-ring (bicyclic) bond motifs is 1. The van der Waals surface area contributed by atoms with Gasteiger partial charge in [0.1, 0.15) is 0 Å². The highest BCUT2D eigenvalue weighted by atomic mass is 16.1. The first-order chi connectivity index (χ1) is 12.4. The number of nitrogens with two attached hydrogens (primary N) is 2. The van der Waals surface area contributed by atoms with E-state index >= 15 is 0 Å². The number of hydrogen-bond donors (Lipinski definition) is 2. The Bertz CT molecular complexity index is 892. The SMILES string of the molecule is C[C@H]1CCN1c1nc2c(c(-c3cc(C(N)=O)cc(C(N)=O)c3)n1)CCC2. The van der Waals surface area contributed by atoms with Gasteiger partial charge in [-0.25, -0.2) is 9.97 Å². The zero-order valence-corrected chi connectivity index (χ0v) is 14.7. The van der Waals surface area contributed by atoms with Crippen LogP contribution in [0.3, 0.4) is 0 Å². The van der Waals surface area contributed by atoms with Crippen LogP contribution in [0.25, 0.3) is 11.3 Å². The van der Waals surface area contributed by atoms with Crippen molar-refractivity contribution in [3.05, 3.63) is 40.6 Å².